The molecule has 2 N–H and O–H groups in total. The number of anilines is 1. The summed E-state index contributed by atoms with van der Waals surface area (Å²) in [6.07, 6.45) is 3.91. The van der Waals surface area contributed by atoms with E-state index in [4.69, 9.17) is 0 Å². The summed E-state index contributed by atoms with van der Waals surface area (Å²) in [5.41, 5.74) is 0. The van der Waals surface area contributed by atoms with Gasteiger partial charge in [-0.25, -0.2) is 14.8 Å². The lowest BCUT2D eigenvalue weighted by Gasteiger charge is -2.14. The van der Waals surface area contributed by atoms with Crippen molar-refractivity contribution < 1.29 is 9.90 Å². The number of hydrogen-bond donors (Lipinski definition) is 2. The van der Waals surface area contributed by atoms with Crippen molar-refractivity contribution in [1.29, 1.82) is 0 Å². The Kier molecular flexibility index (Phi) is 4.09. The van der Waals surface area contributed by atoms with Gasteiger partial charge in [-0.15, -0.1) is 11.3 Å². The number of hydrogen-bond acceptors (Lipinski definition) is 5. The third kappa shape index (κ3) is 2.76. The van der Waals surface area contributed by atoms with Crippen molar-refractivity contribution in [3.8, 4) is 0 Å². The minimum absolute atomic E-state index is 0.594. The molecule has 96 valence electrons. The Morgan fingerprint density at radius 2 is 2.39 bits per heavy atom. The van der Waals surface area contributed by atoms with E-state index < -0.39 is 12.0 Å². The van der Waals surface area contributed by atoms with E-state index in [1.807, 2.05) is 18.4 Å². The molecule has 0 amide bonds. The summed E-state index contributed by atoms with van der Waals surface area (Å²) in [5, 5.41) is 15.0. The van der Waals surface area contributed by atoms with Crippen LogP contribution in [0.15, 0.2) is 17.8 Å². The Morgan fingerprint density at radius 3 is 3.11 bits per heavy atom. The molecule has 0 bridgehead atoms. The first-order valence-electron chi connectivity index (χ1n) is 5.90. The van der Waals surface area contributed by atoms with Gasteiger partial charge in [0.1, 0.15) is 23.0 Å². The van der Waals surface area contributed by atoms with Gasteiger partial charge in [-0.2, -0.15) is 0 Å². The predicted molar refractivity (Wildman–Crippen MR) is 72.0 cm³/mol. The number of unbranched alkanes of at least 4 members (excludes halogenated alkanes) is 1. The van der Waals surface area contributed by atoms with Crippen LogP contribution in [0, 0.1) is 0 Å². The summed E-state index contributed by atoms with van der Waals surface area (Å²) in [5.74, 6) is -0.241. The number of nitrogens with one attached hydrogen (secondary N) is 1. The fraction of sp³-hybridized carbons (Fsp3) is 0.417. The van der Waals surface area contributed by atoms with E-state index in [1.165, 1.54) is 17.7 Å². The zero-order valence-electron chi connectivity index (χ0n) is 10.1. The molecule has 0 spiro atoms. The number of carbonyl (C=O) groups is 1. The number of rotatable bonds is 6. The van der Waals surface area contributed by atoms with Gasteiger partial charge in [0.15, 0.2) is 0 Å². The normalized spacial score (nSPS) is 12.5. The second-order valence-corrected chi connectivity index (χ2v) is 4.93. The maximum atomic E-state index is 11.2. The lowest BCUT2D eigenvalue weighted by molar-refractivity contribution is -0.138. The summed E-state index contributed by atoms with van der Waals surface area (Å²) in [6.45, 7) is 2.04. The van der Waals surface area contributed by atoms with Gasteiger partial charge in [-0.1, -0.05) is 19.8 Å². The molecule has 0 aromatic carbocycles. The van der Waals surface area contributed by atoms with Crippen molar-refractivity contribution in [3.05, 3.63) is 17.8 Å². The van der Waals surface area contributed by atoms with Crippen LogP contribution in [-0.4, -0.2) is 27.1 Å². The minimum atomic E-state index is -0.842. The third-order valence-electron chi connectivity index (χ3n) is 2.72. The van der Waals surface area contributed by atoms with Gasteiger partial charge >= 0.3 is 5.97 Å². The van der Waals surface area contributed by atoms with Crippen molar-refractivity contribution in [3.63, 3.8) is 0 Å². The second-order valence-electron chi connectivity index (χ2n) is 4.04. The van der Waals surface area contributed by atoms with Crippen LogP contribution in [0.1, 0.15) is 26.2 Å². The standard InChI is InChI=1S/C12H15N3O2S/c1-2-3-4-9(12(16)17)15-10-8-5-6-18-11(8)14-7-13-10/h5-7,9H,2-4H2,1H3,(H,16,17)(H,13,14,15)/t9-/m0/s1. The van der Waals surface area contributed by atoms with Crippen molar-refractivity contribution in [2.24, 2.45) is 0 Å². The van der Waals surface area contributed by atoms with Gasteiger partial charge in [0.2, 0.25) is 0 Å². The molecule has 2 aromatic heterocycles. The summed E-state index contributed by atoms with van der Waals surface area (Å²) in [7, 11) is 0. The highest BCUT2D eigenvalue weighted by atomic mass is 32.1. The number of thiophene rings is 1. The van der Waals surface area contributed by atoms with E-state index in [-0.39, 0.29) is 0 Å². The highest BCUT2D eigenvalue weighted by Gasteiger charge is 2.18. The average Bonchev–Trinajstić information content (AvgIpc) is 2.83. The molecule has 0 aliphatic heterocycles. The number of carboxylic acids is 1. The molecular formula is C12H15N3O2S. The van der Waals surface area contributed by atoms with Crippen LogP contribution in [0.2, 0.25) is 0 Å². The first kappa shape index (κ1) is 12.8. The van der Waals surface area contributed by atoms with E-state index in [2.05, 4.69) is 15.3 Å². The largest absolute Gasteiger partial charge is 0.480 e. The van der Waals surface area contributed by atoms with Crippen LogP contribution in [-0.2, 0) is 4.79 Å². The number of carboxylic acid groups (broad SMARTS) is 1. The molecule has 0 saturated carbocycles. The van der Waals surface area contributed by atoms with Crippen molar-refractivity contribution >= 4 is 33.3 Å². The molecule has 0 fully saturated rings. The van der Waals surface area contributed by atoms with E-state index in [1.54, 1.807) is 0 Å². The summed E-state index contributed by atoms with van der Waals surface area (Å²) in [6, 6.07) is 1.31. The Hall–Kier alpha value is -1.69. The monoisotopic (exact) mass is 265 g/mol. The van der Waals surface area contributed by atoms with Crippen molar-refractivity contribution in [2.45, 2.75) is 32.2 Å². The van der Waals surface area contributed by atoms with Gasteiger partial charge in [0.25, 0.3) is 0 Å². The summed E-state index contributed by atoms with van der Waals surface area (Å²) >= 11 is 1.52. The molecule has 5 nitrogen and oxygen atoms in total. The number of nitrogens with zero attached hydrogens (tertiary/aromatic N) is 2. The van der Waals surface area contributed by atoms with Crippen molar-refractivity contribution in [1.82, 2.24) is 9.97 Å². The first-order valence-corrected chi connectivity index (χ1v) is 6.78. The lowest BCUT2D eigenvalue weighted by Crippen LogP contribution is -2.29. The van der Waals surface area contributed by atoms with E-state index in [9.17, 15) is 9.90 Å². The quantitative estimate of drug-likeness (QED) is 0.840. The molecule has 6 heteroatoms. The third-order valence-corrected chi connectivity index (χ3v) is 3.54. The van der Waals surface area contributed by atoms with Gasteiger partial charge in [0.05, 0.1) is 5.39 Å². The fourth-order valence-electron chi connectivity index (χ4n) is 1.74. The molecule has 0 radical (unpaired) electrons. The Labute approximate surface area is 109 Å². The Morgan fingerprint density at radius 1 is 1.56 bits per heavy atom. The van der Waals surface area contributed by atoms with Crippen LogP contribution in [0.25, 0.3) is 10.2 Å². The molecule has 2 aromatic rings. The van der Waals surface area contributed by atoms with Crippen molar-refractivity contribution in [2.75, 3.05) is 5.32 Å². The average molecular weight is 265 g/mol. The number of aliphatic carboxylic acids is 1. The lowest BCUT2D eigenvalue weighted by atomic mass is 10.1. The summed E-state index contributed by atoms with van der Waals surface area (Å²) in [4.78, 5) is 20.3. The molecule has 0 aliphatic carbocycles. The smallest absolute Gasteiger partial charge is 0.326 e. The zero-order chi connectivity index (χ0) is 13.0. The molecule has 0 saturated heterocycles. The number of fused-ring (bicyclic) bond motifs is 1. The van der Waals surface area contributed by atoms with Crippen LogP contribution in [0.5, 0.6) is 0 Å². The molecule has 2 rings (SSSR count). The van der Waals surface area contributed by atoms with Gasteiger partial charge in [-0.3, -0.25) is 0 Å². The topological polar surface area (TPSA) is 75.1 Å². The predicted octanol–water partition coefficient (Wildman–Crippen LogP) is 2.75. The number of aromatic nitrogens is 2. The molecule has 0 aliphatic rings. The maximum Gasteiger partial charge on any atom is 0.326 e. The molecule has 2 heterocycles. The molecule has 1 atom stereocenters. The molecule has 0 unspecified atom stereocenters. The zero-order valence-corrected chi connectivity index (χ0v) is 10.9. The van der Waals surface area contributed by atoms with Crippen LogP contribution >= 0.6 is 11.3 Å². The maximum absolute atomic E-state index is 11.2. The van der Waals surface area contributed by atoms with Crippen LogP contribution in [0.4, 0.5) is 5.82 Å². The Bertz CT molecular complexity index is 541. The summed E-state index contributed by atoms with van der Waals surface area (Å²) < 4.78 is 0. The van der Waals surface area contributed by atoms with Gasteiger partial charge in [0, 0.05) is 0 Å². The fourth-order valence-corrected chi connectivity index (χ4v) is 2.47. The second kappa shape index (κ2) is 5.77. The highest BCUT2D eigenvalue weighted by Crippen LogP contribution is 2.24. The SMILES string of the molecule is CCCC[C@H](Nc1ncnc2sccc12)C(=O)O. The van der Waals surface area contributed by atoms with Gasteiger partial charge in [-0.05, 0) is 17.9 Å². The van der Waals surface area contributed by atoms with Gasteiger partial charge < -0.3 is 10.4 Å². The van der Waals surface area contributed by atoms with E-state index in [0.717, 1.165) is 23.1 Å². The highest BCUT2D eigenvalue weighted by molar-refractivity contribution is 7.16. The first-order chi connectivity index (χ1) is 8.72. The van der Waals surface area contributed by atoms with E-state index in [0.29, 0.717) is 12.2 Å². The molecular weight excluding hydrogens is 250 g/mol. The van der Waals surface area contributed by atoms with E-state index >= 15 is 0 Å². The minimum Gasteiger partial charge on any atom is -0.480 e. The van der Waals surface area contributed by atoms with Crippen LogP contribution < -0.4 is 5.32 Å². The Balaban J connectivity index is 2.20. The molecule has 18 heavy (non-hydrogen) atoms. The van der Waals surface area contributed by atoms with Crippen LogP contribution in [0.3, 0.4) is 0 Å².